The van der Waals surface area contributed by atoms with Crippen molar-refractivity contribution < 1.29 is 35.0 Å². The zero-order chi connectivity index (χ0) is 39.8. The van der Waals surface area contributed by atoms with Crippen LogP contribution in [0.15, 0.2) is 142 Å². The van der Waals surface area contributed by atoms with Gasteiger partial charge in [0.15, 0.2) is 6.29 Å². The van der Waals surface area contributed by atoms with Gasteiger partial charge in [0.2, 0.25) is 0 Å². The van der Waals surface area contributed by atoms with E-state index < -0.39 is 49.0 Å². The number of hydrogen-bond donors (Lipinski definition) is 5. The number of aliphatic hydroxyl groups excluding tert-OH is 5. The molecule has 6 atom stereocenters. The van der Waals surface area contributed by atoms with E-state index in [1.54, 1.807) is 26.0 Å². The fourth-order valence-corrected chi connectivity index (χ4v) is 5.98. The van der Waals surface area contributed by atoms with Crippen molar-refractivity contribution in [3.63, 3.8) is 0 Å². The van der Waals surface area contributed by atoms with E-state index in [1.165, 1.54) is 41.6 Å². The van der Waals surface area contributed by atoms with Crippen molar-refractivity contribution >= 4 is 0 Å². The van der Waals surface area contributed by atoms with E-state index in [0.29, 0.717) is 0 Å². The molecule has 1 heterocycles. The summed E-state index contributed by atoms with van der Waals surface area (Å²) in [6.45, 7) is 19.9. The van der Waals surface area contributed by atoms with Gasteiger partial charge in [-0.25, -0.2) is 0 Å². The van der Waals surface area contributed by atoms with Crippen molar-refractivity contribution in [3.8, 4) is 0 Å². The van der Waals surface area contributed by atoms with Crippen molar-refractivity contribution in [3.05, 3.63) is 142 Å². The van der Waals surface area contributed by atoms with Gasteiger partial charge in [-0.15, -0.1) is 0 Å². The van der Waals surface area contributed by atoms with Gasteiger partial charge in [-0.05, 0) is 85.6 Å². The minimum absolute atomic E-state index is 0.257. The second-order valence-electron chi connectivity index (χ2n) is 15.5. The van der Waals surface area contributed by atoms with Crippen LogP contribution in [-0.4, -0.2) is 74.6 Å². The fourth-order valence-electron chi connectivity index (χ4n) is 5.98. The number of aliphatic hydroxyl groups is 5. The molecule has 0 saturated carbocycles. The van der Waals surface area contributed by atoms with Gasteiger partial charge < -0.3 is 35.0 Å². The van der Waals surface area contributed by atoms with Gasteiger partial charge in [-0.1, -0.05) is 151 Å². The first kappa shape index (κ1) is 45.8. The molecule has 292 valence electrons. The van der Waals surface area contributed by atoms with E-state index in [9.17, 15) is 25.5 Å². The molecule has 7 heteroatoms. The molecular weight excluding hydrogens is 664 g/mol. The summed E-state index contributed by atoms with van der Waals surface area (Å²) in [4.78, 5) is 0. The highest BCUT2D eigenvalue weighted by Gasteiger charge is 2.46. The number of hydrogen-bond acceptors (Lipinski definition) is 7. The smallest absolute Gasteiger partial charge is 0.187 e. The van der Waals surface area contributed by atoms with Gasteiger partial charge in [-0.3, -0.25) is 0 Å². The zero-order valence-corrected chi connectivity index (χ0v) is 33.7. The Morgan fingerprint density at radius 1 is 0.755 bits per heavy atom. The average Bonchev–Trinajstić information content (AvgIpc) is 3.08. The zero-order valence-electron chi connectivity index (χ0n) is 33.7. The van der Waals surface area contributed by atoms with E-state index in [0.717, 1.165) is 16.7 Å². The van der Waals surface area contributed by atoms with Gasteiger partial charge in [0.1, 0.15) is 30.5 Å². The second kappa shape index (κ2) is 22.1. The largest absolute Gasteiger partial charge is 0.394 e. The third kappa shape index (κ3) is 15.8. The highest BCUT2D eigenvalue weighted by Crippen LogP contribution is 2.40. The monoisotopic (exact) mass is 730 g/mol. The highest BCUT2D eigenvalue weighted by atomic mass is 16.7. The summed E-state index contributed by atoms with van der Waals surface area (Å²) in [5.74, 6) is 0. The third-order valence-corrected chi connectivity index (χ3v) is 9.56. The third-order valence-electron chi connectivity index (χ3n) is 9.56. The molecule has 53 heavy (non-hydrogen) atoms. The molecule has 0 amide bonds. The van der Waals surface area contributed by atoms with Crippen LogP contribution in [0.25, 0.3) is 0 Å². The topological polar surface area (TPSA) is 120 Å². The lowest BCUT2D eigenvalue weighted by atomic mass is 9.72. The maximum Gasteiger partial charge on any atom is 0.187 e. The maximum absolute atomic E-state index is 10.8. The minimum atomic E-state index is -1.56. The Kier molecular flexibility index (Phi) is 19.1. The van der Waals surface area contributed by atoms with E-state index in [1.807, 2.05) is 56.4 Å². The van der Waals surface area contributed by atoms with Crippen molar-refractivity contribution in [1.82, 2.24) is 0 Å². The van der Waals surface area contributed by atoms with E-state index in [2.05, 4.69) is 90.2 Å². The van der Waals surface area contributed by atoms with Gasteiger partial charge in [0, 0.05) is 0 Å². The molecule has 1 saturated heterocycles. The standard InChI is InChI=1S/C46H66O7/c1-32(17-11-12-18-33(2)20-14-23-35(4)26-28-38-37(6)25-16-30-45(38,7)8)19-13-21-34(3)22-15-24-36(5)27-29-40(48)46(9,10)53-44-43(51)42(50)41(49)39(31-47)52-44/h11-15,17-24,26-29,39-44,47-51H,16,25,30-31H2,1-10H3. The molecule has 5 N–H and O–H groups in total. The summed E-state index contributed by atoms with van der Waals surface area (Å²) < 4.78 is 11.2. The Hall–Kier alpha value is -3.40. The average molecular weight is 731 g/mol. The molecule has 0 aromatic carbocycles. The van der Waals surface area contributed by atoms with Crippen molar-refractivity contribution in [2.45, 2.75) is 131 Å². The molecule has 1 aliphatic heterocycles. The maximum atomic E-state index is 10.8. The van der Waals surface area contributed by atoms with Crippen LogP contribution in [0.3, 0.4) is 0 Å². The highest BCUT2D eigenvalue weighted by molar-refractivity contribution is 5.37. The Bertz CT molecular complexity index is 1570. The molecule has 0 aromatic heterocycles. The summed E-state index contributed by atoms with van der Waals surface area (Å²) in [6.07, 6.45) is 30.1. The van der Waals surface area contributed by atoms with Crippen LogP contribution in [0.2, 0.25) is 0 Å². The number of rotatable bonds is 16. The van der Waals surface area contributed by atoms with Crippen LogP contribution in [0, 0.1) is 5.41 Å². The van der Waals surface area contributed by atoms with E-state index >= 15 is 0 Å². The van der Waals surface area contributed by atoms with Crippen molar-refractivity contribution in [2.75, 3.05) is 6.61 Å². The van der Waals surface area contributed by atoms with Gasteiger partial charge in [0.25, 0.3) is 0 Å². The molecule has 2 aliphatic rings. The predicted octanol–water partition coefficient (Wildman–Crippen LogP) is 8.54. The van der Waals surface area contributed by atoms with Gasteiger partial charge in [-0.2, -0.15) is 0 Å². The molecule has 0 bridgehead atoms. The lowest BCUT2D eigenvalue weighted by molar-refractivity contribution is -0.329. The summed E-state index contributed by atoms with van der Waals surface area (Å²) in [5.41, 5.74) is 7.56. The van der Waals surface area contributed by atoms with Crippen molar-refractivity contribution in [1.29, 1.82) is 0 Å². The van der Waals surface area contributed by atoms with Gasteiger partial charge in [0.05, 0.1) is 12.2 Å². The normalized spacial score (nSPS) is 26.9. The van der Waals surface area contributed by atoms with Crippen LogP contribution in [-0.2, 0) is 9.47 Å². The Morgan fingerprint density at radius 2 is 1.23 bits per heavy atom. The SMILES string of the molecule is CC(C=CC=C(C)C=CC=C(C)C=CC(O)C(C)(C)OC1OC(CO)C(O)C(O)C1O)=CC=CC=C(C)C=CC=C(C)C=CC1=C(C)CCCC1(C)C. The quantitative estimate of drug-likeness (QED) is 0.101. The molecule has 7 nitrogen and oxygen atoms in total. The Labute approximate surface area is 319 Å². The van der Waals surface area contributed by atoms with E-state index in [-0.39, 0.29) is 5.41 Å². The van der Waals surface area contributed by atoms with Crippen LogP contribution in [0.1, 0.15) is 88.5 Å². The summed E-state index contributed by atoms with van der Waals surface area (Å²) >= 11 is 0. The van der Waals surface area contributed by atoms with Crippen LogP contribution in [0.4, 0.5) is 0 Å². The lowest BCUT2D eigenvalue weighted by Gasteiger charge is -2.43. The number of ether oxygens (including phenoxy) is 2. The Balaban J connectivity index is 1.85. The van der Waals surface area contributed by atoms with Crippen molar-refractivity contribution in [2.24, 2.45) is 5.41 Å². The summed E-state index contributed by atoms with van der Waals surface area (Å²) in [6, 6.07) is 0. The molecule has 0 aromatic rings. The first-order chi connectivity index (χ1) is 24.9. The number of allylic oxidation sites excluding steroid dienone is 23. The molecule has 0 radical (unpaired) electrons. The second-order valence-corrected chi connectivity index (χ2v) is 15.5. The summed E-state index contributed by atoms with van der Waals surface area (Å²) in [5, 5.41) is 50.4. The molecule has 1 fully saturated rings. The molecule has 6 unspecified atom stereocenters. The first-order valence-electron chi connectivity index (χ1n) is 18.7. The molecule has 1 aliphatic carbocycles. The fraction of sp³-hybridized carbons (Fsp3) is 0.478. The molecule has 0 spiro atoms. The van der Waals surface area contributed by atoms with Gasteiger partial charge >= 0.3 is 0 Å². The van der Waals surface area contributed by atoms with Crippen LogP contribution < -0.4 is 0 Å². The predicted molar refractivity (Wildman–Crippen MR) is 219 cm³/mol. The van der Waals surface area contributed by atoms with E-state index in [4.69, 9.17) is 9.47 Å². The summed E-state index contributed by atoms with van der Waals surface area (Å²) in [7, 11) is 0. The molecule has 2 rings (SSSR count). The molecular formula is C46H66O7. The van der Waals surface area contributed by atoms with Crippen LogP contribution >= 0.6 is 0 Å². The lowest BCUT2D eigenvalue weighted by Crippen LogP contribution is -2.61. The van der Waals surface area contributed by atoms with Crippen LogP contribution in [0.5, 0.6) is 0 Å². The first-order valence-corrected chi connectivity index (χ1v) is 18.7. The Morgan fingerprint density at radius 3 is 1.72 bits per heavy atom. The minimum Gasteiger partial charge on any atom is -0.394 e.